The lowest BCUT2D eigenvalue weighted by Gasteiger charge is -2.19. The van der Waals surface area contributed by atoms with Gasteiger partial charge in [0.15, 0.2) is 0 Å². The molecule has 1 aliphatic rings. The molecule has 2 aromatic carbocycles. The van der Waals surface area contributed by atoms with E-state index in [1.165, 1.54) is 6.92 Å². The number of halogens is 1. The molecule has 0 fully saturated rings. The Morgan fingerprint density at radius 2 is 2.00 bits per heavy atom. The van der Waals surface area contributed by atoms with E-state index in [2.05, 4.69) is 12.2 Å². The maximum absolute atomic E-state index is 12.9. The number of anilines is 1. The number of carbonyl (C=O) groups is 2. The van der Waals surface area contributed by atoms with Gasteiger partial charge in [-0.3, -0.25) is 9.59 Å². The lowest BCUT2D eigenvalue weighted by atomic mass is 10.0. The van der Waals surface area contributed by atoms with Crippen molar-refractivity contribution >= 4 is 29.1 Å². The van der Waals surface area contributed by atoms with Gasteiger partial charge in [-0.15, -0.1) is 0 Å². The summed E-state index contributed by atoms with van der Waals surface area (Å²) in [4.78, 5) is 26.1. The summed E-state index contributed by atoms with van der Waals surface area (Å²) in [6, 6.07) is 12.8. The standard InChI is InChI=1S/C19H19ClN2O2/c1-3-13-8-9-17-15(10-13)18(21-12(2)23)19(24)22(17)11-14-6-4-5-7-16(14)20/h4-10,18H,3,11H2,1-2H3,(H,21,23). The van der Waals surface area contributed by atoms with E-state index in [-0.39, 0.29) is 11.8 Å². The van der Waals surface area contributed by atoms with Crippen molar-refractivity contribution in [1.82, 2.24) is 5.32 Å². The van der Waals surface area contributed by atoms with Crippen LogP contribution >= 0.6 is 11.6 Å². The number of rotatable bonds is 4. The number of nitrogens with one attached hydrogen (secondary N) is 1. The van der Waals surface area contributed by atoms with Gasteiger partial charge in [-0.25, -0.2) is 0 Å². The Labute approximate surface area is 146 Å². The van der Waals surface area contributed by atoms with Crippen LogP contribution in [0.1, 0.15) is 36.6 Å². The first-order valence-electron chi connectivity index (χ1n) is 7.96. The molecule has 0 aromatic heterocycles. The summed E-state index contributed by atoms with van der Waals surface area (Å²) < 4.78 is 0. The van der Waals surface area contributed by atoms with E-state index >= 15 is 0 Å². The fourth-order valence-electron chi connectivity index (χ4n) is 3.01. The van der Waals surface area contributed by atoms with Gasteiger partial charge in [0.2, 0.25) is 5.91 Å². The topological polar surface area (TPSA) is 49.4 Å². The summed E-state index contributed by atoms with van der Waals surface area (Å²) >= 11 is 6.24. The van der Waals surface area contributed by atoms with Gasteiger partial charge in [-0.05, 0) is 29.7 Å². The summed E-state index contributed by atoms with van der Waals surface area (Å²) in [5.41, 5.74) is 3.69. The van der Waals surface area contributed by atoms with Gasteiger partial charge >= 0.3 is 0 Å². The largest absolute Gasteiger partial charge is 0.341 e. The normalized spacial score (nSPS) is 16.2. The Hall–Kier alpha value is -2.33. The molecule has 2 amide bonds. The Morgan fingerprint density at radius 3 is 2.67 bits per heavy atom. The predicted molar refractivity (Wildman–Crippen MR) is 95.0 cm³/mol. The van der Waals surface area contributed by atoms with Crippen LogP contribution in [-0.2, 0) is 22.6 Å². The Bertz CT molecular complexity index is 804. The number of nitrogens with zero attached hydrogens (tertiary/aromatic N) is 1. The molecule has 1 aliphatic heterocycles. The minimum Gasteiger partial charge on any atom is -0.341 e. The molecule has 0 bridgehead atoms. The van der Waals surface area contributed by atoms with Gasteiger partial charge in [0, 0.05) is 23.2 Å². The zero-order valence-corrected chi connectivity index (χ0v) is 14.4. The van der Waals surface area contributed by atoms with Gasteiger partial charge < -0.3 is 10.2 Å². The van der Waals surface area contributed by atoms with E-state index in [1.54, 1.807) is 4.90 Å². The lowest BCUT2D eigenvalue weighted by Crippen LogP contribution is -2.36. The lowest BCUT2D eigenvalue weighted by molar-refractivity contribution is -0.126. The molecule has 3 rings (SSSR count). The average Bonchev–Trinajstić information content (AvgIpc) is 2.81. The van der Waals surface area contributed by atoms with E-state index in [0.29, 0.717) is 11.6 Å². The average molecular weight is 343 g/mol. The summed E-state index contributed by atoms with van der Waals surface area (Å²) in [6.45, 7) is 3.87. The molecule has 0 saturated heterocycles. The second kappa shape index (κ2) is 6.65. The molecule has 0 spiro atoms. The Kier molecular flexibility index (Phi) is 4.58. The van der Waals surface area contributed by atoms with Crippen molar-refractivity contribution in [2.45, 2.75) is 32.9 Å². The van der Waals surface area contributed by atoms with Gasteiger partial charge in [0.05, 0.1) is 6.54 Å². The summed E-state index contributed by atoms with van der Waals surface area (Å²) in [7, 11) is 0. The van der Waals surface area contributed by atoms with Crippen LogP contribution in [0, 0.1) is 0 Å². The third-order valence-corrected chi connectivity index (χ3v) is 4.62. The molecule has 0 radical (unpaired) electrons. The SMILES string of the molecule is CCc1ccc2c(c1)C(NC(C)=O)C(=O)N2Cc1ccccc1Cl. The van der Waals surface area contributed by atoms with E-state index in [4.69, 9.17) is 11.6 Å². The molecule has 0 aliphatic carbocycles. The van der Waals surface area contributed by atoms with Crippen LogP contribution in [0.3, 0.4) is 0 Å². The highest BCUT2D eigenvalue weighted by Crippen LogP contribution is 2.38. The van der Waals surface area contributed by atoms with Crippen LogP contribution in [0.2, 0.25) is 5.02 Å². The second-order valence-corrected chi connectivity index (χ2v) is 6.30. The molecule has 124 valence electrons. The van der Waals surface area contributed by atoms with E-state index < -0.39 is 6.04 Å². The van der Waals surface area contributed by atoms with E-state index in [9.17, 15) is 9.59 Å². The maximum Gasteiger partial charge on any atom is 0.254 e. The third-order valence-electron chi connectivity index (χ3n) is 4.25. The molecular weight excluding hydrogens is 324 g/mol. The Morgan fingerprint density at radius 1 is 1.25 bits per heavy atom. The zero-order valence-electron chi connectivity index (χ0n) is 13.7. The second-order valence-electron chi connectivity index (χ2n) is 5.90. The molecule has 1 atom stereocenters. The minimum absolute atomic E-state index is 0.131. The minimum atomic E-state index is -0.633. The smallest absolute Gasteiger partial charge is 0.254 e. The molecule has 2 aromatic rings. The molecule has 4 nitrogen and oxygen atoms in total. The van der Waals surface area contributed by atoms with Crippen molar-refractivity contribution < 1.29 is 9.59 Å². The van der Waals surface area contributed by atoms with Crippen LogP contribution in [-0.4, -0.2) is 11.8 Å². The summed E-state index contributed by atoms with van der Waals surface area (Å²) in [5.74, 6) is -0.353. The van der Waals surface area contributed by atoms with Crippen LogP contribution in [0.15, 0.2) is 42.5 Å². The third kappa shape index (κ3) is 3.02. The van der Waals surface area contributed by atoms with Crippen molar-refractivity contribution in [1.29, 1.82) is 0 Å². The number of benzene rings is 2. The van der Waals surface area contributed by atoms with Crippen molar-refractivity contribution in [2.24, 2.45) is 0 Å². The summed E-state index contributed by atoms with van der Waals surface area (Å²) in [5, 5.41) is 3.39. The van der Waals surface area contributed by atoms with Crippen molar-refractivity contribution in [3.63, 3.8) is 0 Å². The summed E-state index contributed by atoms with van der Waals surface area (Å²) in [6.07, 6.45) is 0.874. The van der Waals surface area contributed by atoms with E-state index in [0.717, 1.165) is 28.8 Å². The monoisotopic (exact) mass is 342 g/mol. The van der Waals surface area contributed by atoms with Crippen LogP contribution in [0.25, 0.3) is 0 Å². The van der Waals surface area contributed by atoms with Crippen LogP contribution in [0.4, 0.5) is 5.69 Å². The number of carbonyl (C=O) groups excluding carboxylic acids is 2. The number of hydrogen-bond acceptors (Lipinski definition) is 2. The molecule has 0 saturated carbocycles. The number of fused-ring (bicyclic) bond motifs is 1. The Balaban J connectivity index is 2.01. The van der Waals surface area contributed by atoms with Gasteiger partial charge in [0.25, 0.3) is 5.91 Å². The predicted octanol–water partition coefficient (Wildman–Crippen LogP) is 3.63. The highest BCUT2D eigenvalue weighted by atomic mass is 35.5. The first kappa shape index (κ1) is 16.5. The van der Waals surface area contributed by atoms with Gasteiger partial charge in [0.1, 0.15) is 6.04 Å². The maximum atomic E-state index is 12.9. The zero-order chi connectivity index (χ0) is 17.3. The highest BCUT2D eigenvalue weighted by molar-refractivity contribution is 6.31. The van der Waals surface area contributed by atoms with Gasteiger partial charge in [-0.2, -0.15) is 0 Å². The van der Waals surface area contributed by atoms with Crippen molar-refractivity contribution in [3.05, 3.63) is 64.2 Å². The van der Waals surface area contributed by atoms with Crippen LogP contribution < -0.4 is 10.2 Å². The molecule has 5 heteroatoms. The fourth-order valence-corrected chi connectivity index (χ4v) is 3.21. The number of amides is 2. The van der Waals surface area contributed by atoms with E-state index in [1.807, 2.05) is 42.5 Å². The van der Waals surface area contributed by atoms with Crippen molar-refractivity contribution in [2.75, 3.05) is 4.90 Å². The molecular formula is C19H19ClN2O2. The van der Waals surface area contributed by atoms with Crippen molar-refractivity contribution in [3.8, 4) is 0 Å². The van der Waals surface area contributed by atoms with Crippen LogP contribution in [0.5, 0.6) is 0 Å². The molecule has 24 heavy (non-hydrogen) atoms. The quantitative estimate of drug-likeness (QED) is 0.922. The molecule has 1 heterocycles. The van der Waals surface area contributed by atoms with Gasteiger partial charge in [-0.1, -0.05) is 48.9 Å². The first-order valence-corrected chi connectivity index (χ1v) is 8.33. The number of hydrogen-bond donors (Lipinski definition) is 1. The molecule has 1 N–H and O–H groups in total. The number of aryl methyl sites for hydroxylation is 1. The molecule has 1 unspecified atom stereocenters. The first-order chi connectivity index (χ1) is 11.5. The highest BCUT2D eigenvalue weighted by Gasteiger charge is 2.38. The fraction of sp³-hybridized carbons (Fsp3) is 0.263.